The molecule has 0 aliphatic carbocycles. The van der Waals surface area contributed by atoms with E-state index in [0.29, 0.717) is 34.5 Å². The lowest BCUT2D eigenvalue weighted by Gasteiger charge is -2.24. The third kappa shape index (κ3) is 7.29. The van der Waals surface area contributed by atoms with E-state index in [0.717, 1.165) is 6.54 Å². The Hall–Kier alpha value is 0.930. The zero-order valence-electron chi connectivity index (χ0n) is 10.1. The van der Waals surface area contributed by atoms with Crippen molar-refractivity contribution in [1.29, 1.82) is 0 Å². The molecule has 0 amide bonds. The first-order chi connectivity index (χ1) is 7.61. The lowest BCUT2D eigenvalue weighted by Crippen LogP contribution is -2.21. The summed E-state index contributed by atoms with van der Waals surface area (Å²) in [6.07, 6.45) is 0.319. The summed E-state index contributed by atoms with van der Waals surface area (Å²) < 4.78 is 29.7. The summed E-state index contributed by atoms with van der Waals surface area (Å²) >= 11 is 0. The molecule has 98 valence electrons. The average molecular weight is 289 g/mol. The molecular formula is C8H22NO4P3. The molecule has 0 heterocycles. The first kappa shape index (κ1) is 16.9. The molecule has 0 saturated heterocycles. The Morgan fingerprint density at radius 1 is 1.31 bits per heavy atom. The number of ether oxygens (including phenoxy) is 1. The normalized spacial score (nSPS) is 13.1. The molecule has 0 radical (unpaired) electrons. The van der Waals surface area contributed by atoms with Gasteiger partial charge in [-0.2, -0.15) is 0 Å². The fourth-order valence-electron chi connectivity index (χ4n) is 1.10. The van der Waals surface area contributed by atoms with Crippen molar-refractivity contribution in [2.75, 3.05) is 39.8 Å². The van der Waals surface area contributed by atoms with Gasteiger partial charge in [0.05, 0.1) is 19.8 Å². The molecule has 5 nitrogen and oxygen atoms in total. The van der Waals surface area contributed by atoms with Crippen molar-refractivity contribution in [1.82, 2.24) is 4.67 Å². The van der Waals surface area contributed by atoms with Gasteiger partial charge in [-0.15, -0.1) is 0 Å². The lowest BCUT2D eigenvalue weighted by atomic mass is 10.7. The molecule has 0 aliphatic heterocycles. The molecule has 0 aliphatic rings. The third-order valence-electron chi connectivity index (χ3n) is 1.74. The second kappa shape index (κ2) is 9.91. The lowest BCUT2D eigenvalue weighted by molar-refractivity contribution is 0.177. The summed E-state index contributed by atoms with van der Waals surface area (Å²) in [4.78, 5) is 0. The Morgan fingerprint density at radius 3 is 2.25 bits per heavy atom. The van der Waals surface area contributed by atoms with Gasteiger partial charge in [0.25, 0.3) is 0 Å². The van der Waals surface area contributed by atoms with E-state index < -0.39 is 7.60 Å². The molecule has 0 bridgehead atoms. The van der Waals surface area contributed by atoms with E-state index in [9.17, 15) is 4.57 Å². The van der Waals surface area contributed by atoms with E-state index in [1.807, 2.05) is 18.5 Å². The fraction of sp³-hybridized carbons (Fsp3) is 1.00. The van der Waals surface area contributed by atoms with Crippen LogP contribution in [0.3, 0.4) is 0 Å². The molecule has 0 N–H and O–H groups in total. The van der Waals surface area contributed by atoms with Crippen LogP contribution in [0.2, 0.25) is 0 Å². The Balaban J connectivity index is 4.27. The number of nitrogens with zero attached hydrogens (tertiary/aromatic N) is 1. The van der Waals surface area contributed by atoms with Gasteiger partial charge in [-0.05, 0) is 22.3 Å². The molecule has 0 saturated carbocycles. The molecular weight excluding hydrogens is 267 g/mol. The number of hydrogen-bond donors (Lipinski definition) is 0. The van der Waals surface area contributed by atoms with E-state index in [1.165, 1.54) is 0 Å². The van der Waals surface area contributed by atoms with Crippen LogP contribution in [0.25, 0.3) is 0 Å². The minimum Gasteiger partial charge on any atom is -0.383 e. The van der Waals surface area contributed by atoms with Crippen molar-refractivity contribution in [2.45, 2.75) is 13.8 Å². The largest absolute Gasteiger partial charge is 0.383 e. The first-order valence-corrected chi connectivity index (χ1v) is 9.68. The van der Waals surface area contributed by atoms with E-state index in [4.69, 9.17) is 13.8 Å². The smallest absolute Gasteiger partial charge is 0.344 e. The van der Waals surface area contributed by atoms with Crippen molar-refractivity contribution in [3.63, 3.8) is 0 Å². The van der Waals surface area contributed by atoms with Crippen molar-refractivity contribution in [3.05, 3.63) is 0 Å². The Bertz CT molecular complexity index is 207. The van der Waals surface area contributed by atoms with Crippen molar-refractivity contribution >= 4 is 24.9 Å². The monoisotopic (exact) mass is 289 g/mol. The van der Waals surface area contributed by atoms with Crippen molar-refractivity contribution < 1.29 is 18.3 Å². The van der Waals surface area contributed by atoms with Gasteiger partial charge in [0.1, 0.15) is 6.29 Å². The Morgan fingerprint density at radius 2 is 1.88 bits per heavy atom. The summed E-state index contributed by atoms with van der Waals surface area (Å²) in [6, 6.07) is 0. The molecule has 0 fully saturated rings. The second-order valence-corrected chi connectivity index (χ2v) is 6.66. The second-order valence-electron chi connectivity index (χ2n) is 2.97. The van der Waals surface area contributed by atoms with Gasteiger partial charge < -0.3 is 13.8 Å². The molecule has 0 spiro atoms. The zero-order chi connectivity index (χ0) is 12.4. The molecule has 0 aromatic carbocycles. The highest BCUT2D eigenvalue weighted by atomic mass is 32.0. The summed E-state index contributed by atoms with van der Waals surface area (Å²) in [6.45, 7) is 5.76. The average Bonchev–Trinajstić information content (AvgIpc) is 2.25. The molecule has 0 aromatic rings. The summed E-state index contributed by atoms with van der Waals surface area (Å²) in [5.41, 5.74) is 0. The van der Waals surface area contributed by atoms with Crippen LogP contribution in [0.15, 0.2) is 0 Å². The summed E-state index contributed by atoms with van der Waals surface area (Å²) in [5, 5.41) is 0. The highest BCUT2D eigenvalue weighted by molar-refractivity contribution is 8.01. The van der Waals surface area contributed by atoms with E-state index >= 15 is 0 Å². The first-order valence-electron chi connectivity index (χ1n) is 5.20. The Kier molecular flexibility index (Phi) is 10.5. The van der Waals surface area contributed by atoms with E-state index in [2.05, 4.69) is 8.93 Å². The number of hydrogen-bond acceptors (Lipinski definition) is 5. The highest BCUT2D eigenvalue weighted by Gasteiger charge is 2.26. The van der Waals surface area contributed by atoms with Crippen LogP contribution in [0.4, 0.5) is 0 Å². The SMILES string of the molecule is CCOP(=O)(CN(CCOC)PP)OCC. The number of methoxy groups -OCH3 is 1. The third-order valence-corrected chi connectivity index (χ3v) is 5.84. The standard InChI is InChI=1S/C8H22NO4P3/c1-4-12-16(10,13-5-2)8-9(15-14)6-7-11-3/h15H,4-8,14H2,1-3H3. The predicted octanol–water partition coefficient (Wildman–Crippen LogP) is 2.54. The van der Waals surface area contributed by atoms with E-state index in [1.54, 1.807) is 7.11 Å². The van der Waals surface area contributed by atoms with Crippen LogP contribution in [0.5, 0.6) is 0 Å². The van der Waals surface area contributed by atoms with Gasteiger partial charge in [-0.3, -0.25) is 9.24 Å². The molecule has 8 heteroatoms. The zero-order valence-corrected chi connectivity index (χ0v) is 13.2. The molecule has 2 unspecified atom stereocenters. The van der Waals surface area contributed by atoms with Gasteiger partial charge >= 0.3 is 7.60 Å². The van der Waals surface area contributed by atoms with Crippen LogP contribution in [-0.4, -0.2) is 44.4 Å². The van der Waals surface area contributed by atoms with Gasteiger partial charge in [0.15, 0.2) is 0 Å². The van der Waals surface area contributed by atoms with E-state index in [-0.39, 0.29) is 0 Å². The topological polar surface area (TPSA) is 48.0 Å². The van der Waals surface area contributed by atoms with Gasteiger partial charge in [0.2, 0.25) is 0 Å². The Labute approximate surface area is 102 Å². The van der Waals surface area contributed by atoms with Gasteiger partial charge in [-0.1, -0.05) is 8.93 Å². The van der Waals surface area contributed by atoms with Crippen LogP contribution in [0.1, 0.15) is 13.8 Å². The maximum absolute atomic E-state index is 12.2. The van der Waals surface area contributed by atoms with Crippen LogP contribution in [0, 0.1) is 0 Å². The van der Waals surface area contributed by atoms with Gasteiger partial charge in [-0.25, -0.2) is 0 Å². The summed E-state index contributed by atoms with van der Waals surface area (Å²) in [5.74, 6) is 0. The van der Waals surface area contributed by atoms with Crippen molar-refractivity contribution in [3.8, 4) is 0 Å². The van der Waals surface area contributed by atoms with Crippen molar-refractivity contribution in [2.24, 2.45) is 0 Å². The minimum absolute atomic E-state index is 0.319. The molecule has 16 heavy (non-hydrogen) atoms. The minimum atomic E-state index is -2.97. The maximum Gasteiger partial charge on any atom is 0.344 e. The summed E-state index contributed by atoms with van der Waals surface area (Å²) in [7, 11) is 1.79. The molecule has 2 atom stereocenters. The molecule has 0 rings (SSSR count). The predicted molar refractivity (Wildman–Crippen MR) is 72.3 cm³/mol. The van der Waals surface area contributed by atoms with Crippen LogP contribution >= 0.6 is 24.9 Å². The fourth-order valence-corrected chi connectivity index (χ4v) is 4.87. The molecule has 0 aromatic heterocycles. The van der Waals surface area contributed by atoms with Gasteiger partial charge in [0, 0.05) is 13.7 Å². The van der Waals surface area contributed by atoms with Crippen LogP contribution < -0.4 is 0 Å². The highest BCUT2D eigenvalue weighted by Crippen LogP contribution is 2.50. The van der Waals surface area contributed by atoms with Crippen LogP contribution in [-0.2, 0) is 18.3 Å². The maximum atomic E-state index is 12.2. The number of rotatable bonds is 10. The quantitative estimate of drug-likeness (QED) is 0.578.